The number of nitrogens with one attached hydrogen (secondary N) is 1. The lowest BCUT2D eigenvalue weighted by Crippen LogP contribution is -2.11. The Hall–Kier alpha value is -0.670. The Kier molecular flexibility index (Phi) is 7.10. The smallest absolute Gasteiger partial charge is 0.119 e. The van der Waals surface area contributed by atoms with Gasteiger partial charge in [-0.1, -0.05) is 19.1 Å². The third-order valence-electron chi connectivity index (χ3n) is 2.24. The maximum atomic E-state index is 5.69. The molecule has 1 N–H and O–H groups in total. The fourth-order valence-electron chi connectivity index (χ4n) is 1.41. The van der Waals surface area contributed by atoms with Crippen molar-refractivity contribution in [2.45, 2.75) is 19.9 Å². The monoisotopic (exact) mass is 239 g/mol. The Morgan fingerprint density at radius 1 is 1.38 bits per heavy atom. The van der Waals surface area contributed by atoms with Crippen LogP contribution in [0.4, 0.5) is 0 Å². The zero-order valence-electron chi connectivity index (χ0n) is 10.2. The summed E-state index contributed by atoms with van der Waals surface area (Å²) in [6, 6.07) is 8.31. The number of hydrogen-bond acceptors (Lipinski definition) is 3. The van der Waals surface area contributed by atoms with Gasteiger partial charge in [0.25, 0.3) is 0 Å². The zero-order chi connectivity index (χ0) is 11.6. The Morgan fingerprint density at radius 3 is 3.00 bits per heavy atom. The molecular weight excluding hydrogens is 218 g/mol. The first kappa shape index (κ1) is 13.4. The van der Waals surface area contributed by atoms with Crippen molar-refractivity contribution in [2.75, 3.05) is 25.2 Å². The number of ether oxygens (including phenoxy) is 1. The molecule has 0 amide bonds. The molecule has 16 heavy (non-hydrogen) atoms. The highest BCUT2D eigenvalue weighted by Crippen LogP contribution is 2.13. The maximum absolute atomic E-state index is 5.69. The molecular formula is C13H21NOS. The lowest BCUT2D eigenvalue weighted by Gasteiger charge is -2.08. The lowest BCUT2D eigenvalue weighted by atomic mass is 10.2. The highest BCUT2D eigenvalue weighted by molar-refractivity contribution is 7.98. The van der Waals surface area contributed by atoms with Crippen LogP contribution in [0, 0.1) is 0 Å². The lowest BCUT2D eigenvalue weighted by molar-refractivity contribution is 0.318. The van der Waals surface area contributed by atoms with Gasteiger partial charge >= 0.3 is 0 Å². The SMILES string of the molecule is CCNCc1cccc(OCCCSC)c1. The molecule has 3 heteroatoms. The van der Waals surface area contributed by atoms with Crippen LogP contribution in [0.3, 0.4) is 0 Å². The van der Waals surface area contributed by atoms with Crippen molar-refractivity contribution in [2.24, 2.45) is 0 Å². The number of rotatable bonds is 8. The number of thioether (sulfide) groups is 1. The van der Waals surface area contributed by atoms with E-state index in [2.05, 4.69) is 36.7 Å². The van der Waals surface area contributed by atoms with E-state index in [0.717, 1.165) is 37.6 Å². The summed E-state index contributed by atoms with van der Waals surface area (Å²) in [5.74, 6) is 2.15. The molecule has 0 spiro atoms. The van der Waals surface area contributed by atoms with E-state index in [9.17, 15) is 0 Å². The molecule has 0 aliphatic rings. The van der Waals surface area contributed by atoms with E-state index in [0.29, 0.717) is 0 Å². The third kappa shape index (κ3) is 5.42. The van der Waals surface area contributed by atoms with Gasteiger partial charge in [-0.25, -0.2) is 0 Å². The maximum Gasteiger partial charge on any atom is 0.119 e. The average Bonchev–Trinajstić information content (AvgIpc) is 2.33. The molecule has 1 aromatic rings. The van der Waals surface area contributed by atoms with E-state index in [-0.39, 0.29) is 0 Å². The summed E-state index contributed by atoms with van der Waals surface area (Å²) in [7, 11) is 0. The van der Waals surface area contributed by atoms with E-state index in [1.54, 1.807) is 0 Å². The van der Waals surface area contributed by atoms with Gasteiger partial charge in [-0.3, -0.25) is 0 Å². The van der Waals surface area contributed by atoms with Crippen molar-refractivity contribution < 1.29 is 4.74 Å². The minimum atomic E-state index is 0.811. The predicted octanol–water partition coefficient (Wildman–Crippen LogP) is 2.93. The summed E-state index contributed by atoms with van der Waals surface area (Å²) in [5.41, 5.74) is 1.28. The average molecular weight is 239 g/mol. The standard InChI is InChI=1S/C13H21NOS/c1-3-14-11-12-6-4-7-13(10-12)15-8-5-9-16-2/h4,6-7,10,14H,3,5,8-9,11H2,1-2H3. The first-order valence-corrected chi connectivity index (χ1v) is 7.17. The summed E-state index contributed by atoms with van der Waals surface area (Å²) in [6.07, 6.45) is 3.23. The fourth-order valence-corrected chi connectivity index (χ4v) is 1.81. The van der Waals surface area contributed by atoms with Crippen molar-refractivity contribution in [3.63, 3.8) is 0 Å². The van der Waals surface area contributed by atoms with Gasteiger partial charge in [0, 0.05) is 6.54 Å². The second-order valence-corrected chi connectivity index (χ2v) is 4.61. The molecule has 0 unspecified atom stereocenters. The highest BCUT2D eigenvalue weighted by atomic mass is 32.2. The Labute approximate surface area is 103 Å². The number of hydrogen-bond donors (Lipinski definition) is 1. The molecule has 0 heterocycles. The minimum Gasteiger partial charge on any atom is -0.494 e. The fraction of sp³-hybridized carbons (Fsp3) is 0.538. The second kappa shape index (κ2) is 8.48. The van der Waals surface area contributed by atoms with Crippen molar-refractivity contribution in [3.8, 4) is 5.75 Å². The van der Waals surface area contributed by atoms with E-state index in [4.69, 9.17) is 4.74 Å². The van der Waals surface area contributed by atoms with Gasteiger partial charge in [0.1, 0.15) is 5.75 Å². The van der Waals surface area contributed by atoms with Crippen molar-refractivity contribution in [1.29, 1.82) is 0 Å². The van der Waals surface area contributed by atoms with Gasteiger partial charge < -0.3 is 10.1 Å². The van der Waals surface area contributed by atoms with E-state index < -0.39 is 0 Å². The molecule has 0 bridgehead atoms. The van der Waals surface area contributed by atoms with Gasteiger partial charge in [-0.2, -0.15) is 11.8 Å². The first-order valence-electron chi connectivity index (χ1n) is 5.78. The molecule has 0 atom stereocenters. The summed E-state index contributed by atoms with van der Waals surface area (Å²) >= 11 is 1.86. The Morgan fingerprint density at radius 2 is 2.25 bits per heavy atom. The van der Waals surface area contributed by atoms with Gasteiger partial charge in [-0.15, -0.1) is 0 Å². The molecule has 90 valence electrons. The summed E-state index contributed by atoms with van der Waals surface area (Å²) in [5, 5.41) is 3.31. The third-order valence-corrected chi connectivity index (χ3v) is 2.94. The molecule has 0 aliphatic carbocycles. The van der Waals surface area contributed by atoms with E-state index in [1.165, 1.54) is 5.56 Å². The minimum absolute atomic E-state index is 0.811. The number of benzene rings is 1. The predicted molar refractivity (Wildman–Crippen MR) is 72.3 cm³/mol. The molecule has 0 aliphatic heterocycles. The second-order valence-electron chi connectivity index (χ2n) is 3.62. The molecule has 1 rings (SSSR count). The van der Waals surface area contributed by atoms with Crippen LogP contribution in [0.25, 0.3) is 0 Å². The van der Waals surface area contributed by atoms with Crippen molar-refractivity contribution in [1.82, 2.24) is 5.32 Å². The normalized spacial score (nSPS) is 10.4. The van der Waals surface area contributed by atoms with E-state index >= 15 is 0 Å². The van der Waals surface area contributed by atoms with E-state index in [1.807, 2.05) is 17.8 Å². The Bertz CT molecular complexity index is 291. The summed E-state index contributed by atoms with van der Waals surface area (Å²) in [4.78, 5) is 0. The van der Waals surface area contributed by atoms with Gasteiger partial charge in [0.15, 0.2) is 0 Å². The van der Waals surface area contributed by atoms with Crippen LogP contribution in [0.1, 0.15) is 18.9 Å². The van der Waals surface area contributed by atoms with Gasteiger partial charge in [-0.05, 0) is 42.7 Å². The van der Waals surface area contributed by atoms with Crippen molar-refractivity contribution >= 4 is 11.8 Å². The van der Waals surface area contributed by atoms with Gasteiger partial charge in [0.05, 0.1) is 6.61 Å². The zero-order valence-corrected chi connectivity index (χ0v) is 11.0. The molecule has 0 saturated heterocycles. The molecule has 1 aromatic carbocycles. The van der Waals surface area contributed by atoms with Crippen LogP contribution < -0.4 is 10.1 Å². The molecule has 2 nitrogen and oxygen atoms in total. The largest absolute Gasteiger partial charge is 0.494 e. The van der Waals surface area contributed by atoms with Crippen LogP contribution in [-0.4, -0.2) is 25.2 Å². The molecule has 0 aromatic heterocycles. The van der Waals surface area contributed by atoms with Crippen LogP contribution in [0.15, 0.2) is 24.3 Å². The van der Waals surface area contributed by atoms with Crippen LogP contribution in [0.2, 0.25) is 0 Å². The van der Waals surface area contributed by atoms with Crippen LogP contribution in [-0.2, 0) is 6.54 Å². The van der Waals surface area contributed by atoms with Crippen LogP contribution >= 0.6 is 11.8 Å². The first-order chi connectivity index (χ1) is 7.86. The summed E-state index contributed by atoms with van der Waals surface area (Å²) < 4.78 is 5.69. The highest BCUT2D eigenvalue weighted by Gasteiger charge is 1.96. The van der Waals surface area contributed by atoms with Crippen LogP contribution in [0.5, 0.6) is 5.75 Å². The molecule has 0 fully saturated rings. The quantitative estimate of drug-likeness (QED) is 0.705. The van der Waals surface area contributed by atoms with Gasteiger partial charge in [0.2, 0.25) is 0 Å². The molecule has 0 saturated carbocycles. The topological polar surface area (TPSA) is 21.3 Å². The van der Waals surface area contributed by atoms with Crippen molar-refractivity contribution in [3.05, 3.63) is 29.8 Å². The molecule has 0 radical (unpaired) electrons. The Balaban J connectivity index is 2.35. The summed E-state index contributed by atoms with van der Waals surface area (Å²) in [6.45, 7) is 4.84.